The van der Waals surface area contributed by atoms with Gasteiger partial charge >= 0.3 is 5.97 Å². The Morgan fingerprint density at radius 3 is 2.49 bits per heavy atom. The Hall–Kier alpha value is -4.75. The quantitative estimate of drug-likeness (QED) is 0.0961. The highest BCUT2D eigenvalue weighted by Crippen LogP contribution is 2.39. The third-order valence-corrected chi connectivity index (χ3v) is 6.50. The van der Waals surface area contributed by atoms with Crippen LogP contribution in [0.4, 0.5) is 0 Å². The van der Waals surface area contributed by atoms with Crippen LogP contribution in [0.3, 0.4) is 0 Å². The van der Waals surface area contributed by atoms with E-state index in [1.807, 2.05) is 19.9 Å². The van der Waals surface area contributed by atoms with Gasteiger partial charge in [-0.3, -0.25) is 14.4 Å². The van der Waals surface area contributed by atoms with E-state index in [1.165, 1.54) is 7.11 Å². The fourth-order valence-corrected chi connectivity index (χ4v) is 4.23. The highest BCUT2D eigenvalue weighted by molar-refractivity contribution is 5.92. The van der Waals surface area contributed by atoms with Crippen molar-refractivity contribution >= 4 is 22.8 Å². The molecule has 0 aliphatic heterocycles. The number of phenolic OH excluding ortho intramolecular Hbond substituents is 2. The maximum absolute atomic E-state index is 13.7. The largest absolute Gasteiger partial charge is 0.507 e. The molecule has 0 spiro atoms. The number of benzene rings is 2. The molecule has 0 saturated carbocycles. The summed E-state index contributed by atoms with van der Waals surface area (Å²) in [7, 11) is 1.51. The number of methoxy groups -OCH3 is 1. The van der Waals surface area contributed by atoms with Gasteiger partial charge in [0.2, 0.25) is 17.1 Å². The van der Waals surface area contributed by atoms with Gasteiger partial charge in [-0.05, 0) is 63.8 Å². The number of aromatic hydroxyl groups is 2. The predicted molar refractivity (Wildman–Crippen MR) is 162 cm³/mol. The van der Waals surface area contributed by atoms with Gasteiger partial charge in [0.15, 0.2) is 5.76 Å². The maximum Gasteiger partial charge on any atom is 0.311 e. The number of esters is 1. The van der Waals surface area contributed by atoms with Gasteiger partial charge < -0.3 is 34.2 Å². The minimum Gasteiger partial charge on any atom is -0.507 e. The Morgan fingerprint density at radius 2 is 1.81 bits per heavy atom. The molecule has 0 unspecified atom stereocenters. The molecule has 10 heteroatoms. The van der Waals surface area contributed by atoms with E-state index in [4.69, 9.17) is 25.1 Å². The number of phenols is 2. The summed E-state index contributed by atoms with van der Waals surface area (Å²) in [6.07, 6.45) is 9.16. The molecule has 0 aliphatic carbocycles. The van der Waals surface area contributed by atoms with Gasteiger partial charge in [0.05, 0.1) is 13.5 Å². The number of unbranched alkanes of at least 4 members (excludes halogenated alkanes) is 2. The summed E-state index contributed by atoms with van der Waals surface area (Å²) >= 11 is 0. The van der Waals surface area contributed by atoms with Crippen LogP contribution in [0.5, 0.6) is 23.0 Å². The first-order chi connectivity index (χ1) is 20.7. The van der Waals surface area contributed by atoms with Crippen LogP contribution in [0.25, 0.3) is 22.3 Å². The summed E-state index contributed by atoms with van der Waals surface area (Å²) < 4.78 is 22.0. The molecule has 0 atom stereocenters. The Kier molecular flexibility index (Phi) is 12.2. The van der Waals surface area contributed by atoms with Crippen molar-refractivity contribution in [2.75, 3.05) is 26.9 Å². The molecule has 0 radical (unpaired) electrons. The van der Waals surface area contributed by atoms with E-state index in [9.17, 15) is 24.6 Å². The van der Waals surface area contributed by atoms with E-state index in [2.05, 4.69) is 11.2 Å². The van der Waals surface area contributed by atoms with Crippen molar-refractivity contribution in [2.45, 2.75) is 52.4 Å². The Bertz CT molecular complexity index is 1560. The molecular formula is C33H37NO9. The number of allylic oxidation sites excluding steroid dienone is 2. The van der Waals surface area contributed by atoms with Crippen molar-refractivity contribution in [3.05, 3.63) is 57.8 Å². The fourth-order valence-electron chi connectivity index (χ4n) is 4.23. The van der Waals surface area contributed by atoms with Gasteiger partial charge in [0.1, 0.15) is 34.8 Å². The van der Waals surface area contributed by atoms with E-state index in [0.29, 0.717) is 24.5 Å². The zero-order chi connectivity index (χ0) is 31.4. The molecule has 1 amide bonds. The van der Waals surface area contributed by atoms with Crippen molar-refractivity contribution in [3.63, 3.8) is 0 Å². The van der Waals surface area contributed by atoms with Crippen molar-refractivity contribution in [2.24, 2.45) is 0 Å². The topological polar surface area (TPSA) is 145 Å². The van der Waals surface area contributed by atoms with E-state index in [1.54, 1.807) is 24.3 Å². The van der Waals surface area contributed by atoms with Crippen LogP contribution in [-0.4, -0.2) is 49.0 Å². The van der Waals surface area contributed by atoms with Gasteiger partial charge in [-0.25, -0.2) is 0 Å². The van der Waals surface area contributed by atoms with Gasteiger partial charge in [0, 0.05) is 36.8 Å². The van der Waals surface area contributed by atoms with Crippen LogP contribution in [0.1, 0.15) is 51.5 Å². The van der Waals surface area contributed by atoms with E-state index >= 15 is 0 Å². The summed E-state index contributed by atoms with van der Waals surface area (Å²) in [5.41, 5.74) is 0.815. The number of rotatable bonds is 15. The third-order valence-electron chi connectivity index (χ3n) is 6.50. The lowest BCUT2D eigenvalue weighted by Gasteiger charge is -2.14. The summed E-state index contributed by atoms with van der Waals surface area (Å²) in [5, 5.41) is 23.7. The number of hydrogen-bond donors (Lipinski definition) is 3. The molecule has 0 bridgehead atoms. The number of amides is 1. The molecule has 3 rings (SSSR count). The van der Waals surface area contributed by atoms with E-state index in [-0.39, 0.29) is 59.8 Å². The molecule has 43 heavy (non-hydrogen) atoms. The Balaban J connectivity index is 1.84. The summed E-state index contributed by atoms with van der Waals surface area (Å²) in [6.45, 7) is 5.05. The average Bonchev–Trinajstić information content (AvgIpc) is 2.98. The lowest BCUT2D eigenvalue weighted by molar-refractivity contribution is -0.136. The van der Waals surface area contributed by atoms with Crippen LogP contribution in [0, 0.1) is 12.3 Å². The molecule has 10 nitrogen and oxygen atoms in total. The summed E-state index contributed by atoms with van der Waals surface area (Å²) in [6, 6.07) is 7.58. The van der Waals surface area contributed by atoms with E-state index < -0.39 is 22.9 Å². The fraction of sp³-hybridized carbons (Fsp3) is 0.364. The second kappa shape index (κ2) is 16.0. The first-order valence-corrected chi connectivity index (χ1v) is 14.0. The number of fused-ring (bicyclic) bond motifs is 1. The monoisotopic (exact) mass is 591 g/mol. The molecule has 0 saturated heterocycles. The number of carbonyl (C=O) groups excluding carboxylic acids is 2. The van der Waals surface area contributed by atoms with Crippen molar-refractivity contribution < 1.29 is 38.4 Å². The van der Waals surface area contributed by atoms with Gasteiger partial charge in [-0.15, -0.1) is 6.42 Å². The molecule has 1 heterocycles. The van der Waals surface area contributed by atoms with Gasteiger partial charge in [-0.2, -0.15) is 0 Å². The molecule has 2 aromatic carbocycles. The van der Waals surface area contributed by atoms with Crippen LogP contribution in [0.2, 0.25) is 0 Å². The average molecular weight is 592 g/mol. The zero-order valence-corrected chi connectivity index (χ0v) is 24.7. The lowest BCUT2D eigenvalue weighted by Crippen LogP contribution is -2.26. The number of hydrogen-bond acceptors (Lipinski definition) is 9. The lowest BCUT2D eigenvalue weighted by atomic mass is 10.0. The highest BCUT2D eigenvalue weighted by atomic mass is 16.5. The van der Waals surface area contributed by atoms with Crippen molar-refractivity contribution in [1.82, 2.24) is 5.32 Å². The normalized spacial score (nSPS) is 10.7. The Morgan fingerprint density at radius 1 is 1.07 bits per heavy atom. The van der Waals surface area contributed by atoms with Crippen LogP contribution in [-0.2, 0) is 20.7 Å². The van der Waals surface area contributed by atoms with Gasteiger partial charge in [0.25, 0.3) is 0 Å². The van der Waals surface area contributed by atoms with Gasteiger partial charge in [-0.1, -0.05) is 17.6 Å². The number of ether oxygens (including phenoxy) is 3. The first kappa shape index (κ1) is 32.8. The molecule has 228 valence electrons. The van der Waals surface area contributed by atoms with Crippen molar-refractivity contribution in [3.8, 4) is 46.7 Å². The number of carbonyl (C=O) groups is 2. The number of terminal acetylenes is 1. The highest BCUT2D eigenvalue weighted by Gasteiger charge is 2.25. The second-order valence-corrected chi connectivity index (χ2v) is 10.0. The third kappa shape index (κ3) is 9.12. The predicted octanol–water partition coefficient (Wildman–Crippen LogP) is 5.01. The molecule has 3 N–H and O–H groups in total. The van der Waals surface area contributed by atoms with Crippen LogP contribution < -0.4 is 20.2 Å². The molecule has 3 aromatic rings. The van der Waals surface area contributed by atoms with E-state index in [0.717, 1.165) is 30.9 Å². The standard InChI is InChI=1S/C33H37NO9/c1-5-18-41-19-8-6-7-17-34-27(37)15-16-28(38)42-33-30(39)29-26(36)20-25(35)24(14-9-21(2)3)32(29)43-31(33)22-10-12-23(40-4)13-11-22/h1,9-13,20,35-36H,6-8,14-19H2,2-4H3,(H,34,37). The van der Waals surface area contributed by atoms with Crippen LogP contribution in [0.15, 0.2) is 51.2 Å². The maximum atomic E-state index is 13.7. The molecule has 0 fully saturated rings. The minimum atomic E-state index is -0.828. The summed E-state index contributed by atoms with van der Waals surface area (Å²) in [5.74, 6) is 0.491. The smallest absolute Gasteiger partial charge is 0.311 e. The minimum absolute atomic E-state index is 0.0346. The first-order valence-electron chi connectivity index (χ1n) is 14.0. The Labute approximate surface area is 250 Å². The van der Waals surface area contributed by atoms with Crippen LogP contribution >= 0.6 is 0 Å². The summed E-state index contributed by atoms with van der Waals surface area (Å²) in [4.78, 5) is 38.8. The molecular weight excluding hydrogens is 554 g/mol. The SMILES string of the molecule is C#CCOCCCCCNC(=O)CCC(=O)Oc1c(-c2ccc(OC)cc2)oc2c(CC=C(C)C)c(O)cc(O)c2c1=O. The zero-order valence-electron chi connectivity index (χ0n) is 24.7. The molecule has 1 aromatic heterocycles. The second-order valence-electron chi connectivity index (χ2n) is 10.0. The van der Waals surface area contributed by atoms with Crippen molar-refractivity contribution in [1.29, 1.82) is 0 Å². The number of nitrogens with one attached hydrogen (secondary N) is 1. The molecule has 0 aliphatic rings.